The number of amides is 1. The number of hydrogen-bond acceptors (Lipinski definition) is 4. The van der Waals surface area contributed by atoms with Crippen LogP contribution in [0.4, 0.5) is 0 Å². The standard InChI is InChI=1S/C22H26N2O3/c1-15(2)10-22(25)24(14-19-6-5-9-26-19)13-18-12-21(27-23-18)20-11-16(3)7-8-17(20)4/h5-9,11-12,15H,10,13-14H2,1-4H3. The van der Waals surface area contributed by atoms with Crippen LogP contribution in [0.1, 0.15) is 42.8 Å². The Kier molecular flexibility index (Phi) is 5.79. The third-order valence-corrected chi connectivity index (χ3v) is 4.43. The Labute approximate surface area is 160 Å². The number of rotatable bonds is 7. The van der Waals surface area contributed by atoms with Gasteiger partial charge in [0.15, 0.2) is 5.76 Å². The Bertz CT molecular complexity index is 894. The molecule has 1 amide bonds. The van der Waals surface area contributed by atoms with Gasteiger partial charge in [-0.2, -0.15) is 0 Å². The zero-order chi connectivity index (χ0) is 19.4. The van der Waals surface area contributed by atoms with Crippen molar-refractivity contribution in [3.05, 3.63) is 65.2 Å². The molecule has 27 heavy (non-hydrogen) atoms. The molecule has 0 atom stereocenters. The lowest BCUT2D eigenvalue weighted by Crippen LogP contribution is -2.30. The van der Waals surface area contributed by atoms with Crippen molar-refractivity contribution in [3.8, 4) is 11.3 Å². The molecule has 0 bridgehead atoms. The predicted molar refractivity (Wildman–Crippen MR) is 104 cm³/mol. The van der Waals surface area contributed by atoms with E-state index in [9.17, 15) is 4.79 Å². The summed E-state index contributed by atoms with van der Waals surface area (Å²) >= 11 is 0. The molecule has 5 nitrogen and oxygen atoms in total. The van der Waals surface area contributed by atoms with Crippen LogP contribution in [0.5, 0.6) is 0 Å². The normalized spacial score (nSPS) is 11.1. The maximum atomic E-state index is 12.7. The van der Waals surface area contributed by atoms with Crippen molar-refractivity contribution < 1.29 is 13.7 Å². The van der Waals surface area contributed by atoms with E-state index in [-0.39, 0.29) is 5.91 Å². The molecule has 0 aliphatic heterocycles. The summed E-state index contributed by atoms with van der Waals surface area (Å²) in [5.41, 5.74) is 4.06. The molecule has 2 heterocycles. The summed E-state index contributed by atoms with van der Waals surface area (Å²) in [6.45, 7) is 8.99. The predicted octanol–water partition coefficient (Wildman–Crippen LogP) is 5.13. The van der Waals surface area contributed by atoms with Crippen LogP contribution >= 0.6 is 0 Å². The van der Waals surface area contributed by atoms with Crippen molar-refractivity contribution in [1.82, 2.24) is 10.1 Å². The second-order valence-electron chi connectivity index (χ2n) is 7.43. The van der Waals surface area contributed by atoms with Crippen molar-refractivity contribution in [3.63, 3.8) is 0 Å². The summed E-state index contributed by atoms with van der Waals surface area (Å²) < 4.78 is 11.0. The molecule has 142 valence electrons. The highest BCUT2D eigenvalue weighted by Crippen LogP contribution is 2.26. The van der Waals surface area contributed by atoms with Crippen molar-refractivity contribution in [2.75, 3.05) is 0 Å². The molecule has 0 unspecified atom stereocenters. The van der Waals surface area contributed by atoms with Crippen molar-refractivity contribution in [2.45, 2.75) is 47.2 Å². The fourth-order valence-electron chi connectivity index (χ4n) is 3.01. The van der Waals surface area contributed by atoms with Gasteiger partial charge in [-0.3, -0.25) is 4.79 Å². The van der Waals surface area contributed by atoms with E-state index >= 15 is 0 Å². The topological polar surface area (TPSA) is 59.5 Å². The van der Waals surface area contributed by atoms with Crippen LogP contribution in [0.2, 0.25) is 0 Å². The lowest BCUT2D eigenvalue weighted by Gasteiger charge is -2.21. The maximum Gasteiger partial charge on any atom is 0.223 e. The molecule has 0 saturated carbocycles. The van der Waals surface area contributed by atoms with E-state index < -0.39 is 0 Å². The number of benzene rings is 1. The highest BCUT2D eigenvalue weighted by Gasteiger charge is 2.19. The van der Waals surface area contributed by atoms with Crippen molar-refractivity contribution in [2.24, 2.45) is 5.92 Å². The van der Waals surface area contributed by atoms with Gasteiger partial charge >= 0.3 is 0 Å². The molecule has 3 aromatic rings. The van der Waals surface area contributed by atoms with Gasteiger partial charge in [0, 0.05) is 18.1 Å². The first-order valence-electron chi connectivity index (χ1n) is 9.25. The first-order chi connectivity index (χ1) is 12.9. The van der Waals surface area contributed by atoms with E-state index in [1.165, 1.54) is 5.56 Å². The summed E-state index contributed by atoms with van der Waals surface area (Å²) in [7, 11) is 0. The number of carbonyl (C=O) groups excluding carboxylic acids is 1. The van der Waals surface area contributed by atoms with Gasteiger partial charge in [-0.25, -0.2) is 0 Å². The molecular weight excluding hydrogens is 340 g/mol. The van der Waals surface area contributed by atoms with E-state index in [4.69, 9.17) is 8.94 Å². The van der Waals surface area contributed by atoms with Crippen LogP contribution in [0.15, 0.2) is 51.6 Å². The lowest BCUT2D eigenvalue weighted by molar-refractivity contribution is -0.133. The zero-order valence-corrected chi connectivity index (χ0v) is 16.4. The van der Waals surface area contributed by atoms with Crippen molar-refractivity contribution >= 4 is 5.91 Å². The van der Waals surface area contributed by atoms with Gasteiger partial charge in [-0.15, -0.1) is 0 Å². The molecule has 1 aromatic carbocycles. The number of furan rings is 1. The van der Waals surface area contributed by atoms with Crippen LogP contribution in [0.3, 0.4) is 0 Å². The first-order valence-corrected chi connectivity index (χ1v) is 9.25. The molecule has 0 aliphatic rings. The van der Waals surface area contributed by atoms with Crippen LogP contribution < -0.4 is 0 Å². The molecular formula is C22H26N2O3. The number of hydrogen-bond donors (Lipinski definition) is 0. The number of aryl methyl sites for hydroxylation is 2. The van der Waals surface area contributed by atoms with E-state index in [0.29, 0.717) is 25.4 Å². The Morgan fingerprint density at radius 3 is 2.67 bits per heavy atom. The fraction of sp³-hybridized carbons (Fsp3) is 0.364. The monoisotopic (exact) mass is 366 g/mol. The van der Waals surface area contributed by atoms with Crippen LogP contribution in [-0.2, 0) is 17.9 Å². The summed E-state index contributed by atoms with van der Waals surface area (Å²) in [4.78, 5) is 14.5. The highest BCUT2D eigenvalue weighted by molar-refractivity contribution is 5.76. The average Bonchev–Trinajstić information content (AvgIpc) is 3.28. The minimum atomic E-state index is 0.0812. The third kappa shape index (κ3) is 4.88. The molecule has 2 aromatic heterocycles. The number of carbonyl (C=O) groups is 1. The smallest absolute Gasteiger partial charge is 0.223 e. The number of aromatic nitrogens is 1. The average molecular weight is 366 g/mol. The number of nitrogens with zero attached hydrogens (tertiary/aromatic N) is 2. The molecule has 0 radical (unpaired) electrons. The van der Waals surface area contributed by atoms with Crippen LogP contribution in [0.25, 0.3) is 11.3 Å². The van der Waals surface area contributed by atoms with Gasteiger partial charge in [-0.05, 0) is 43.5 Å². The summed E-state index contributed by atoms with van der Waals surface area (Å²) in [6.07, 6.45) is 2.11. The maximum absolute atomic E-state index is 12.7. The summed E-state index contributed by atoms with van der Waals surface area (Å²) in [5, 5.41) is 4.19. The molecule has 0 spiro atoms. The third-order valence-electron chi connectivity index (χ3n) is 4.43. The van der Waals surface area contributed by atoms with Crippen LogP contribution in [-0.4, -0.2) is 16.0 Å². The lowest BCUT2D eigenvalue weighted by atomic mass is 10.0. The molecule has 0 N–H and O–H groups in total. The Morgan fingerprint density at radius 1 is 1.15 bits per heavy atom. The van der Waals surface area contributed by atoms with Gasteiger partial charge in [0.1, 0.15) is 11.5 Å². The summed E-state index contributed by atoms with van der Waals surface area (Å²) in [6, 6.07) is 11.9. The molecule has 0 saturated heterocycles. The summed E-state index contributed by atoms with van der Waals surface area (Å²) in [5.74, 6) is 1.85. The van der Waals surface area contributed by atoms with E-state index in [1.807, 2.05) is 39.0 Å². The minimum absolute atomic E-state index is 0.0812. The SMILES string of the molecule is Cc1ccc(C)c(-c2cc(CN(Cc3ccco3)C(=O)CC(C)C)no2)c1. The molecule has 0 fully saturated rings. The van der Waals surface area contributed by atoms with Gasteiger partial charge in [0.2, 0.25) is 5.91 Å². The van der Waals surface area contributed by atoms with Gasteiger partial charge in [0.05, 0.1) is 19.4 Å². The van der Waals surface area contributed by atoms with E-state index in [0.717, 1.165) is 28.3 Å². The fourth-order valence-corrected chi connectivity index (χ4v) is 3.01. The van der Waals surface area contributed by atoms with Crippen LogP contribution in [0, 0.1) is 19.8 Å². The zero-order valence-electron chi connectivity index (χ0n) is 16.4. The minimum Gasteiger partial charge on any atom is -0.467 e. The van der Waals surface area contributed by atoms with Gasteiger partial charge in [-0.1, -0.05) is 36.7 Å². The molecule has 0 aliphatic carbocycles. The Hall–Kier alpha value is -2.82. The second kappa shape index (κ2) is 8.25. The molecule has 5 heteroatoms. The quantitative estimate of drug-likeness (QED) is 0.582. The highest BCUT2D eigenvalue weighted by atomic mass is 16.5. The Morgan fingerprint density at radius 2 is 1.96 bits per heavy atom. The van der Waals surface area contributed by atoms with Gasteiger partial charge < -0.3 is 13.8 Å². The van der Waals surface area contributed by atoms with E-state index in [2.05, 4.69) is 30.3 Å². The van der Waals surface area contributed by atoms with E-state index in [1.54, 1.807) is 11.2 Å². The second-order valence-corrected chi connectivity index (χ2v) is 7.43. The van der Waals surface area contributed by atoms with Crippen molar-refractivity contribution in [1.29, 1.82) is 0 Å². The van der Waals surface area contributed by atoms with Gasteiger partial charge in [0.25, 0.3) is 0 Å². The Balaban J connectivity index is 1.80. The first kappa shape index (κ1) is 19.0. The molecule has 3 rings (SSSR count). The largest absolute Gasteiger partial charge is 0.467 e.